The molecule has 4 aliphatic carbocycles. The molecule has 350 valence electrons. The summed E-state index contributed by atoms with van der Waals surface area (Å²) >= 11 is 1.60. The third-order valence-corrected chi connectivity index (χ3v) is 16.5. The van der Waals surface area contributed by atoms with E-state index in [1.807, 2.05) is 30.5 Å². The molecule has 2 aliphatic heterocycles. The van der Waals surface area contributed by atoms with Gasteiger partial charge in [-0.2, -0.15) is 5.10 Å². The molecule has 0 spiro atoms. The quantitative estimate of drug-likeness (QED) is 0.0811. The van der Waals surface area contributed by atoms with Crippen LogP contribution in [-0.4, -0.2) is 91.5 Å². The molecule has 0 radical (unpaired) electrons. The molecule has 1 aromatic carbocycles. The van der Waals surface area contributed by atoms with Gasteiger partial charge in [-0.3, -0.25) is 9.48 Å². The molecule has 5 aromatic rings. The highest BCUT2D eigenvalue weighted by Crippen LogP contribution is 2.72. The van der Waals surface area contributed by atoms with Gasteiger partial charge < -0.3 is 30.0 Å². The van der Waals surface area contributed by atoms with Crippen LogP contribution in [0.5, 0.6) is 0 Å². The van der Waals surface area contributed by atoms with Gasteiger partial charge in [0, 0.05) is 60.5 Å². The van der Waals surface area contributed by atoms with Gasteiger partial charge in [-0.05, 0) is 151 Å². The Morgan fingerprint density at radius 2 is 1.64 bits per heavy atom. The number of carbonyl (C=O) groups excluding carboxylic acids is 2. The second kappa shape index (κ2) is 18.0. The first-order chi connectivity index (χ1) is 31.8. The van der Waals surface area contributed by atoms with Crippen LogP contribution < -0.4 is 15.5 Å². The summed E-state index contributed by atoms with van der Waals surface area (Å²) in [6.07, 6.45) is 17.6. The Morgan fingerprint density at radius 3 is 2.42 bits per heavy atom. The van der Waals surface area contributed by atoms with Crippen molar-refractivity contribution in [2.24, 2.45) is 16.2 Å². The van der Waals surface area contributed by atoms with E-state index in [1.54, 1.807) is 18.3 Å². The minimum atomic E-state index is -0.201. The summed E-state index contributed by atoms with van der Waals surface area (Å²) in [6, 6.07) is 12.2. The number of Topliss-reactive ketones (excluding diaryl/α,β-unsaturated/α-hetero) is 1. The highest BCUT2D eigenvalue weighted by atomic mass is 32.1. The molecule has 2 unspecified atom stereocenters. The number of rotatable bonds is 18. The fourth-order valence-corrected chi connectivity index (χ4v) is 14.7. The van der Waals surface area contributed by atoms with Crippen molar-refractivity contribution in [2.75, 3.05) is 49.5 Å². The Bertz CT molecular complexity index is 2560. The van der Waals surface area contributed by atoms with Gasteiger partial charge in [0.2, 0.25) is 0 Å². The molecule has 2 atom stereocenters. The smallest absolute Gasteiger partial charge is 0.270 e. The summed E-state index contributed by atoms with van der Waals surface area (Å²) < 4.78 is 10.4. The maximum atomic E-state index is 14.4. The average Bonchev–Trinajstić information content (AvgIpc) is 4.03. The number of thiazole rings is 1. The highest BCUT2D eigenvalue weighted by Gasteiger charge is 2.66. The number of anilines is 4. The van der Waals surface area contributed by atoms with E-state index >= 15 is 0 Å². The van der Waals surface area contributed by atoms with E-state index in [2.05, 4.69) is 70.0 Å². The fourth-order valence-electron chi connectivity index (χ4n) is 13.8. The van der Waals surface area contributed by atoms with Crippen LogP contribution in [-0.2, 0) is 22.5 Å². The molecule has 4 saturated carbocycles. The molecule has 5 fully saturated rings. The van der Waals surface area contributed by atoms with Gasteiger partial charge in [0.25, 0.3) is 5.91 Å². The summed E-state index contributed by atoms with van der Waals surface area (Å²) in [5.74, 6) is 2.16. The molecule has 14 heteroatoms. The van der Waals surface area contributed by atoms with E-state index in [1.165, 1.54) is 45.2 Å². The monoisotopic (exact) mass is 913 g/mol. The Balaban J connectivity index is 0.919. The van der Waals surface area contributed by atoms with Gasteiger partial charge in [0.1, 0.15) is 17.3 Å². The third kappa shape index (κ3) is 9.13. The number of benzene rings is 1. The molecular weight excluding hydrogens is 845 g/mol. The maximum Gasteiger partial charge on any atom is 0.270 e. The lowest BCUT2D eigenvalue weighted by Crippen LogP contribution is -2.64. The lowest BCUT2D eigenvalue weighted by Gasteiger charge is -2.69. The number of carbonyl (C=O) groups is 2. The topological polar surface area (TPSA) is 143 Å². The number of ether oxygens (including phenoxy) is 1. The number of unbranched alkanes of at least 4 members (excludes halogenated alkanes) is 3. The minimum absolute atomic E-state index is 0.0786. The molecule has 4 bridgehead atoms. The van der Waals surface area contributed by atoms with Crippen LogP contribution in [0.2, 0.25) is 0 Å². The van der Waals surface area contributed by atoms with Crippen molar-refractivity contribution >= 4 is 55.8 Å². The summed E-state index contributed by atoms with van der Waals surface area (Å²) in [4.78, 5) is 40.5. The molecule has 1 amide bonds. The van der Waals surface area contributed by atoms with Crippen molar-refractivity contribution < 1.29 is 14.3 Å². The van der Waals surface area contributed by atoms with Crippen molar-refractivity contribution in [3.8, 4) is 11.1 Å². The summed E-state index contributed by atoms with van der Waals surface area (Å²) in [7, 11) is 0. The minimum Gasteiger partial charge on any atom is -0.374 e. The second-order valence-electron chi connectivity index (χ2n) is 21.6. The van der Waals surface area contributed by atoms with E-state index < -0.39 is 0 Å². The zero-order valence-corrected chi connectivity index (χ0v) is 40.6. The number of fused-ring (bicyclic) bond motifs is 2. The number of amides is 1. The lowest BCUT2D eigenvalue weighted by atomic mass is 9.39. The Kier molecular flexibility index (Phi) is 12.3. The molecule has 6 aliphatic rings. The maximum absolute atomic E-state index is 14.4. The predicted octanol–water partition coefficient (Wildman–Crippen LogP) is 10.3. The first-order valence-corrected chi connectivity index (χ1v) is 25.6. The van der Waals surface area contributed by atoms with E-state index in [0.717, 1.165) is 127 Å². The zero-order chi connectivity index (χ0) is 45.7. The Hall–Kier alpha value is -4.79. The largest absolute Gasteiger partial charge is 0.374 e. The van der Waals surface area contributed by atoms with E-state index in [0.29, 0.717) is 36.8 Å². The lowest BCUT2D eigenvalue weighted by molar-refractivity contribution is -0.248. The number of aromatic nitrogens is 6. The first-order valence-electron chi connectivity index (χ1n) is 24.7. The normalized spacial score (nSPS) is 25.7. The van der Waals surface area contributed by atoms with Gasteiger partial charge in [0.05, 0.1) is 28.6 Å². The van der Waals surface area contributed by atoms with Crippen LogP contribution in [0.3, 0.4) is 0 Å². The van der Waals surface area contributed by atoms with Crippen molar-refractivity contribution in [3.05, 3.63) is 65.1 Å². The van der Waals surface area contributed by atoms with Crippen LogP contribution in [0.1, 0.15) is 138 Å². The van der Waals surface area contributed by atoms with Crippen molar-refractivity contribution in [2.45, 2.75) is 143 Å². The number of nitrogens with one attached hydrogen (secondary N) is 2. The summed E-state index contributed by atoms with van der Waals surface area (Å²) in [5.41, 5.74) is 6.78. The summed E-state index contributed by atoms with van der Waals surface area (Å²) in [6.45, 7) is 17.3. The van der Waals surface area contributed by atoms with Gasteiger partial charge >= 0.3 is 0 Å². The molecular formula is C52H68N10O3S. The fraction of sp³-hybridized carbons (Fsp3) is 0.596. The van der Waals surface area contributed by atoms with Gasteiger partial charge in [0.15, 0.2) is 16.8 Å². The van der Waals surface area contributed by atoms with Gasteiger partial charge in [-0.25, -0.2) is 9.97 Å². The van der Waals surface area contributed by atoms with Crippen molar-refractivity contribution in [3.63, 3.8) is 0 Å². The third-order valence-electron chi connectivity index (χ3n) is 15.6. The van der Waals surface area contributed by atoms with Gasteiger partial charge in [-0.15, -0.1) is 10.2 Å². The number of hydrogen-bond acceptors (Lipinski definition) is 12. The Labute approximate surface area is 393 Å². The van der Waals surface area contributed by atoms with E-state index in [9.17, 15) is 9.59 Å². The predicted molar refractivity (Wildman–Crippen MR) is 262 cm³/mol. The molecule has 13 nitrogen and oxygen atoms in total. The highest BCUT2D eigenvalue weighted by molar-refractivity contribution is 7.22. The SMILES string of the molecule is CC(=O)CCCCCCNC(=O)c1nc(N2CCCc3c2nnc(Nc2nc4ccccc4s2)c3C)ccc1-c1cnn(CC23CC4(C)CC(C)(C2)CC(OCCN2CCCC2)(C4)C3)c1C. The van der Waals surface area contributed by atoms with E-state index in [4.69, 9.17) is 24.9 Å². The van der Waals surface area contributed by atoms with Crippen molar-refractivity contribution in [1.29, 1.82) is 0 Å². The molecule has 1 saturated heterocycles. The van der Waals surface area contributed by atoms with Crippen LogP contribution in [0, 0.1) is 30.1 Å². The zero-order valence-electron chi connectivity index (χ0n) is 39.8. The second-order valence-corrected chi connectivity index (χ2v) is 22.6. The number of likely N-dealkylation sites (tertiary alicyclic amines) is 1. The number of pyridine rings is 1. The van der Waals surface area contributed by atoms with Crippen LogP contribution >= 0.6 is 11.3 Å². The van der Waals surface area contributed by atoms with E-state index in [-0.39, 0.29) is 33.5 Å². The number of hydrogen-bond donors (Lipinski definition) is 2. The molecule has 66 heavy (non-hydrogen) atoms. The molecule has 11 rings (SSSR count). The summed E-state index contributed by atoms with van der Waals surface area (Å²) in [5, 5.41) is 22.0. The van der Waals surface area contributed by atoms with Gasteiger partial charge in [-0.1, -0.05) is 50.2 Å². The average molecular weight is 913 g/mol. The molecule has 4 aromatic heterocycles. The van der Waals surface area contributed by atoms with Crippen LogP contribution in [0.4, 0.5) is 22.6 Å². The molecule has 6 heterocycles. The Morgan fingerprint density at radius 1 is 0.848 bits per heavy atom. The van der Waals surface area contributed by atoms with Crippen LogP contribution in [0.15, 0.2) is 42.6 Å². The number of ketones is 1. The van der Waals surface area contributed by atoms with Crippen molar-refractivity contribution in [1.82, 2.24) is 40.2 Å². The number of nitrogens with zero attached hydrogens (tertiary/aromatic N) is 8. The number of para-hydroxylation sites is 1. The molecule has 2 N–H and O–H groups in total. The van der Waals surface area contributed by atoms with Crippen LogP contribution in [0.25, 0.3) is 21.3 Å². The standard InChI is InChI=1S/C52H68N10O3S/c1-35(63)15-8-6-7-11-21-53-47(64)44-39(19-20-43(56-44)61-24-14-16-38-36(2)45(58-59-46(38)61)57-48-55-41-17-9-10-18-42(41)66-48)40-27-54-62(37(40)3)34-51-29-49(4)28-50(5,30-51)32-52(31-49,33-51)65-26-25-60-22-12-13-23-60/h9-10,17-20,27H,6-8,11-16,21-26,28-34H2,1-5H3,(H,53,64)(H,55,57,58). The first kappa shape index (κ1) is 45.0.